The molecule has 162 valence electrons. The highest BCUT2D eigenvalue weighted by atomic mass is 15.9. The normalized spacial score (nSPS) is 13.8. The summed E-state index contributed by atoms with van der Waals surface area (Å²) in [5.41, 5.74) is 20.0. The van der Waals surface area contributed by atoms with Gasteiger partial charge in [0.15, 0.2) is 11.5 Å². The summed E-state index contributed by atoms with van der Waals surface area (Å²) in [7, 11) is 1.88. The number of anilines is 1. The molecule has 8 heteroatoms. The van der Waals surface area contributed by atoms with Crippen LogP contribution in [0.5, 0.6) is 0 Å². The van der Waals surface area contributed by atoms with Crippen LogP contribution in [0, 0.1) is 0 Å². The molecule has 0 spiro atoms. The Bertz CT molecular complexity index is 1290. The van der Waals surface area contributed by atoms with E-state index in [0.29, 0.717) is 5.82 Å². The second kappa shape index (κ2) is 8.32. The minimum atomic E-state index is 0.666. The van der Waals surface area contributed by atoms with E-state index in [-0.39, 0.29) is 0 Å². The molecular weight excluding hydrogens is 400 g/mol. The maximum atomic E-state index is 6.49. The number of hydrazone groups is 1. The number of nitrogens with one attached hydrogen (secondary N) is 2. The molecule has 0 saturated carbocycles. The van der Waals surface area contributed by atoms with Crippen molar-refractivity contribution >= 4 is 17.3 Å². The van der Waals surface area contributed by atoms with E-state index in [1.807, 2.05) is 25.2 Å². The lowest BCUT2D eigenvalue weighted by atomic mass is 9.96. The number of nitrogens with two attached hydrogens (primary N) is 1. The van der Waals surface area contributed by atoms with E-state index < -0.39 is 0 Å². The zero-order valence-corrected chi connectivity index (χ0v) is 18.2. The molecule has 1 aliphatic rings. The number of rotatable bonds is 6. The van der Waals surface area contributed by atoms with E-state index in [2.05, 4.69) is 64.5 Å². The monoisotopic (exact) mass is 426 g/mol. The van der Waals surface area contributed by atoms with Gasteiger partial charge in [0.1, 0.15) is 5.82 Å². The van der Waals surface area contributed by atoms with Gasteiger partial charge in [-0.25, -0.2) is 10.5 Å². The Morgan fingerprint density at radius 1 is 1.00 bits per heavy atom. The average Bonchev–Trinajstić information content (AvgIpc) is 3.46. The van der Waals surface area contributed by atoms with Crippen molar-refractivity contribution in [3.8, 4) is 11.1 Å². The Labute approximate surface area is 186 Å². The van der Waals surface area contributed by atoms with Crippen molar-refractivity contribution in [1.29, 1.82) is 0 Å². The van der Waals surface area contributed by atoms with Crippen LogP contribution in [-0.2, 0) is 12.8 Å². The molecule has 3 heterocycles. The molecule has 0 atom stereocenters. The van der Waals surface area contributed by atoms with Gasteiger partial charge in [-0.3, -0.25) is 5.43 Å². The number of nitrogens with zero attached hydrogens (tertiary/aromatic N) is 5. The largest absolute Gasteiger partial charge is 0.383 e. The van der Waals surface area contributed by atoms with Gasteiger partial charge in [0.25, 0.3) is 0 Å². The third kappa shape index (κ3) is 3.65. The first-order valence-corrected chi connectivity index (χ1v) is 10.8. The minimum absolute atomic E-state index is 0.666. The van der Waals surface area contributed by atoms with Gasteiger partial charge in [-0.1, -0.05) is 61.9 Å². The lowest BCUT2D eigenvalue weighted by Gasteiger charge is -2.14. The summed E-state index contributed by atoms with van der Waals surface area (Å²) in [6.07, 6.45) is 4.36. The van der Waals surface area contributed by atoms with Gasteiger partial charge < -0.3 is 5.73 Å². The maximum absolute atomic E-state index is 6.49. The molecule has 5 rings (SSSR count). The van der Waals surface area contributed by atoms with Gasteiger partial charge in [-0.05, 0) is 23.1 Å². The molecule has 0 bridgehead atoms. The fourth-order valence-corrected chi connectivity index (χ4v) is 4.09. The molecule has 8 nitrogen and oxygen atoms in total. The molecule has 0 amide bonds. The van der Waals surface area contributed by atoms with Gasteiger partial charge in [-0.2, -0.15) is 9.61 Å². The van der Waals surface area contributed by atoms with Crippen LogP contribution >= 0.6 is 0 Å². The number of hydrazine groups is 2. The number of hydrogen-bond donors (Lipinski definition) is 3. The first-order valence-electron chi connectivity index (χ1n) is 10.8. The maximum Gasteiger partial charge on any atom is 0.171 e. The molecule has 0 fully saturated rings. The summed E-state index contributed by atoms with van der Waals surface area (Å²) in [5, 5.41) is 10.4. The zero-order chi connectivity index (χ0) is 22.1. The van der Waals surface area contributed by atoms with Crippen LogP contribution < -0.4 is 16.7 Å². The SMILES string of the molecule is CCCc1nc2ccnn2c(N)c1Cc1ccc(-c2ccccc2C2=NNN(C)N2)cc1. The number of aromatic nitrogens is 3. The Morgan fingerprint density at radius 3 is 2.50 bits per heavy atom. The second-order valence-corrected chi connectivity index (χ2v) is 7.92. The van der Waals surface area contributed by atoms with Crippen molar-refractivity contribution in [2.45, 2.75) is 26.2 Å². The van der Waals surface area contributed by atoms with E-state index >= 15 is 0 Å². The van der Waals surface area contributed by atoms with Gasteiger partial charge in [0.05, 0.1) is 11.9 Å². The molecule has 4 N–H and O–H groups in total. The third-order valence-corrected chi connectivity index (χ3v) is 5.66. The number of fused-ring (bicyclic) bond motifs is 1. The Kier molecular flexibility index (Phi) is 5.20. The summed E-state index contributed by atoms with van der Waals surface area (Å²) >= 11 is 0. The Hall–Kier alpha value is -3.91. The Balaban J connectivity index is 1.46. The number of nitrogen functional groups attached to an aromatic ring is 1. The highest BCUT2D eigenvalue weighted by molar-refractivity contribution is 6.04. The topological polar surface area (TPSA) is 95.9 Å². The molecule has 2 aromatic heterocycles. The molecule has 4 aromatic rings. The van der Waals surface area contributed by atoms with Gasteiger partial charge >= 0.3 is 0 Å². The molecular formula is C24H26N8. The number of benzene rings is 2. The summed E-state index contributed by atoms with van der Waals surface area (Å²) in [4.78, 5) is 4.80. The molecule has 0 unspecified atom stereocenters. The quantitative estimate of drug-likeness (QED) is 0.438. The van der Waals surface area contributed by atoms with Crippen LogP contribution in [0.3, 0.4) is 0 Å². The van der Waals surface area contributed by atoms with Crippen molar-refractivity contribution in [2.24, 2.45) is 5.10 Å². The second-order valence-electron chi connectivity index (χ2n) is 7.92. The number of amidine groups is 1. The first-order chi connectivity index (χ1) is 15.6. The van der Waals surface area contributed by atoms with Crippen molar-refractivity contribution in [2.75, 3.05) is 12.8 Å². The van der Waals surface area contributed by atoms with E-state index in [1.165, 1.54) is 5.56 Å². The van der Waals surface area contributed by atoms with Gasteiger partial charge in [-0.15, -0.1) is 10.2 Å². The van der Waals surface area contributed by atoms with E-state index in [1.54, 1.807) is 15.8 Å². The lowest BCUT2D eigenvalue weighted by Crippen LogP contribution is -2.37. The van der Waals surface area contributed by atoms with Crippen molar-refractivity contribution < 1.29 is 0 Å². The zero-order valence-electron chi connectivity index (χ0n) is 18.2. The van der Waals surface area contributed by atoms with E-state index in [0.717, 1.165) is 58.7 Å². The standard InChI is InChI=1S/C24H26N8/c1-3-6-21-20(23(25)32-22(27-21)13-14-26-32)15-16-9-11-17(12-10-16)18-7-4-5-8-19(18)24-28-30-31(2)29-24/h4-5,7-14,30H,3,6,15,25H2,1-2H3,(H,28,29). The van der Waals surface area contributed by atoms with E-state index in [9.17, 15) is 0 Å². The molecule has 0 aliphatic carbocycles. The smallest absolute Gasteiger partial charge is 0.171 e. The van der Waals surface area contributed by atoms with Crippen LogP contribution in [0.2, 0.25) is 0 Å². The fraction of sp³-hybridized carbons (Fsp3) is 0.208. The van der Waals surface area contributed by atoms with Crippen molar-refractivity contribution in [3.05, 3.63) is 83.2 Å². The molecule has 0 saturated heterocycles. The highest BCUT2D eigenvalue weighted by Crippen LogP contribution is 2.27. The Morgan fingerprint density at radius 2 is 1.78 bits per heavy atom. The summed E-state index contributed by atoms with van der Waals surface area (Å²) in [6, 6.07) is 18.7. The predicted octanol–water partition coefficient (Wildman–Crippen LogP) is 3.14. The lowest BCUT2D eigenvalue weighted by molar-refractivity contribution is 0.232. The van der Waals surface area contributed by atoms with Gasteiger partial charge in [0, 0.05) is 30.7 Å². The third-order valence-electron chi connectivity index (χ3n) is 5.66. The van der Waals surface area contributed by atoms with Crippen LogP contribution in [0.4, 0.5) is 5.82 Å². The molecule has 0 radical (unpaired) electrons. The summed E-state index contributed by atoms with van der Waals surface area (Å²) < 4.78 is 1.72. The first kappa shape index (κ1) is 20.0. The summed E-state index contributed by atoms with van der Waals surface area (Å²) in [5.74, 6) is 1.46. The molecule has 1 aliphatic heterocycles. The average molecular weight is 427 g/mol. The number of hydrogen-bond acceptors (Lipinski definition) is 7. The molecule has 2 aromatic carbocycles. The predicted molar refractivity (Wildman–Crippen MR) is 127 cm³/mol. The van der Waals surface area contributed by atoms with Crippen molar-refractivity contribution in [3.63, 3.8) is 0 Å². The summed E-state index contributed by atoms with van der Waals surface area (Å²) in [6.45, 7) is 2.16. The van der Waals surface area contributed by atoms with E-state index in [4.69, 9.17) is 10.7 Å². The van der Waals surface area contributed by atoms with Crippen molar-refractivity contribution in [1.82, 2.24) is 30.7 Å². The van der Waals surface area contributed by atoms with Gasteiger partial charge in [0.2, 0.25) is 0 Å². The molecule has 32 heavy (non-hydrogen) atoms. The van der Waals surface area contributed by atoms with Crippen LogP contribution in [0.1, 0.15) is 35.7 Å². The van der Waals surface area contributed by atoms with Crippen LogP contribution in [0.25, 0.3) is 16.8 Å². The number of aryl methyl sites for hydroxylation is 1. The fourth-order valence-electron chi connectivity index (χ4n) is 4.09. The van der Waals surface area contributed by atoms with Crippen LogP contribution in [-0.4, -0.2) is 32.6 Å². The minimum Gasteiger partial charge on any atom is -0.383 e. The highest BCUT2D eigenvalue weighted by Gasteiger charge is 2.17. The van der Waals surface area contributed by atoms with Crippen LogP contribution in [0.15, 0.2) is 65.9 Å².